The molecule has 3 N–H and O–H groups in total. The van der Waals surface area contributed by atoms with E-state index in [0.29, 0.717) is 5.56 Å². The zero-order chi connectivity index (χ0) is 18.9. The van der Waals surface area contributed by atoms with Crippen molar-refractivity contribution in [2.45, 2.75) is 0 Å². The van der Waals surface area contributed by atoms with Gasteiger partial charge in [-0.05, 0) is 29.8 Å². The van der Waals surface area contributed by atoms with E-state index in [1.165, 1.54) is 42.0 Å². The number of rotatable bonds is 6. The number of para-hydroxylation sites is 1. The van der Waals surface area contributed by atoms with Gasteiger partial charge in [0.15, 0.2) is 0 Å². The average Bonchev–Trinajstić information content (AvgIpc) is 2.66. The van der Waals surface area contributed by atoms with E-state index in [4.69, 9.17) is 5.21 Å². The highest BCUT2D eigenvalue weighted by Gasteiger charge is 2.10. The summed E-state index contributed by atoms with van der Waals surface area (Å²) in [6.45, 7) is 0. The maximum Gasteiger partial charge on any atom is 0.278 e. The maximum atomic E-state index is 12.1. The fourth-order valence-corrected chi connectivity index (χ4v) is 1.98. The smallest absolute Gasteiger partial charge is 0.278 e. The van der Waals surface area contributed by atoms with Crippen molar-refractivity contribution in [3.05, 3.63) is 81.4 Å². The predicted octanol–water partition coefficient (Wildman–Crippen LogP) is 1.88. The molecule has 0 fully saturated rings. The Morgan fingerprint density at radius 1 is 1.15 bits per heavy atom. The topological polar surface area (TPSA) is 134 Å². The third-order valence-electron chi connectivity index (χ3n) is 3.19. The molecule has 0 atom stereocenters. The number of nitrogens with one attached hydrogen (secondary N) is 2. The van der Waals surface area contributed by atoms with E-state index in [1.54, 1.807) is 24.3 Å². The summed E-state index contributed by atoms with van der Waals surface area (Å²) >= 11 is 0. The minimum Gasteiger partial charge on any atom is -0.288 e. The van der Waals surface area contributed by atoms with Crippen LogP contribution in [-0.4, -0.2) is 28.2 Å². The van der Waals surface area contributed by atoms with Gasteiger partial charge in [0.2, 0.25) is 0 Å². The molecule has 0 bridgehead atoms. The Hall–Kier alpha value is -3.85. The largest absolute Gasteiger partial charge is 0.288 e. The lowest BCUT2D eigenvalue weighted by Gasteiger charge is -2.01. The van der Waals surface area contributed by atoms with Crippen molar-refractivity contribution in [2.24, 2.45) is 5.10 Å². The molecule has 9 heteroatoms. The van der Waals surface area contributed by atoms with Crippen LogP contribution in [-0.2, 0) is 4.79 Å². The number of hydroxylamine groups is 1. The van der Waals surface area contributed by atoms with Gasteiger partial charge in [-0.15, -0.1) is 0 Å². The van der Waals surface area contributed by atoms with Gasteiger partial charge in [-0.25, -0.2) is 10.9 Å². The van der Waals surface area contributed by atoms with Gasteiger partial charge in [-0.1, -0.05) is 24.3 Å². The van der Waals surface area contributed by atoms with Gasteiger partial charge in [-0.2, -0.15) is 5.10 Å². The molecule has 2 amide bonds. The number of hydrazone groups is 1. The maximum absolute atomic E-state index is 12.1. The van der Waals surface area contributed by atoms with Gasteiger partial charge in [0.25, 0.3) is 17.5 Å². The molecule has 9 nitrogen and oxygen atoms in total. The average molecular weight is 354 g/mol. The lowest BCUT2D eigenvalue weighted by Crippen LogP contribution is -2.17. The van der Waals surface area contributed by atoms with E-state index < -0.39 is 16.7 Å². The first-order chi connectivity index (χ1) is 12.5. The van der Waals surface area contributed by atoms with Crippen molar-refractivity contribution < 1.29 is 19.7 Å². The Morgan fingerprint density at radius 3 is 2.65 bits per heavy atom. The van der Waals surface area contributed by atoms with Crippen LogP contribution in [0.1, 0.15) is 21.5 Å². The quantitative estimate of drug-likeness (QED) is 0.239. The molecule has 0 aliphatic carbocycles. The number of carbonyl (C=O) groups is 2. The summed E-state index contributed by atoms with van der Waals surface area (Å²) in [6.07, 6.45) is 3.70. The number of hydrogen-bond acceptors (Lipinski definition) is 6. The second-order valence-electron chi connectivity index (χ2n) is 4.95. The highest BCUT2D eigenvalue weighted by molar-refractivity contribution is 5.96. The molecule has 0 saturated heterocycles. The second-order valence-corrected chi connectivity index (χ2v) is 4.95. The molecular weight excluding hydrogens is 340 g/mol. The highest BCUT2D eigenvalue weighted by Crippen LogP contribution is 2.15. The van der Waals surface area contributed by atoms with Gasteiger partial charge >= 0.3 is 0 Å². The minimum absolute atomic E-state index is 0.125. The molecule has 0 aliphatic rings. The number of hydrogen-bond donors (Lipinski definition) is 3. The van der Waals surface area contributed by atoms with Crippen LogP contribution in [0.3, 0.4) is 0 Å². The van der Waals surface area contributed by atoms with Crippen molar-refractivity contribution in [3.8, 4) is 0 Å². The standard InChI is InChI=1S/C17H14N4O5/c22-16(20-24)9-8-12-4-3-6-13(10-12)17(23)19-18-11-14-5-1-2-7-15(14)21(25)26/h1-11,24H,(H,19,23)(H,20,22)/b9-8+,18-11-. The summed E-state index contributed by atoms with van der Waals surface area (Å²) in [7, 11) is 0. The molecule has 2 aromatic rings. The number of benzene rings is 2. The van der Waals surface area contributed by atoms with Crippen LogP contribution in [0.25, 0.3) is 6.08 Å². The first kappa shape index (κ1) is 18.5. The fraction of sp³-hybridized carbons (Fsp3) is 0. The number of nitrogens with zero attached hydrogens (tertiary/aromatic N) is 2. The van der Waals surface area contributed by atoms with Crippen molar-refractivity contribution in [2.75, 3.05) is 0 Å². The first-order valence-corrected chi connectivity index (χ1v) is 7.30. The summed E-state index contributed by atoms with van der Waals surface area (Å²) in [5.41, 5.74) is 4.70. The molecule has 2 aromatic carbocycles. The van der Waals surface area contributed by atoms with E-state index in [-0.39, 0.29) is 16.8 Å². The Balaban J connectivity index is 2.08. The molecule has 0 radical (unpaired) electrons. The highest BCUT2D eigenvalue weighted by atomic mass is 16.6. The molecule has 26 heavy (non-hydrogen) atoms. The van der Waals surface area contributed by atoms with Crippen molar-refractivity contribution in [1.82, 2.24) is 10.9 Å². The number of carbonyl (C=O) groups excluding carboxylic acids is 2. The monoisotopic (exact) mass is 354 g/mol. The third-order valence-corrected chi connectivity index (χ3v) is 3.19. The van der Waals surface area contributed by atoms with Crippen LogP contribution in [0.4, 0.5) is 5.69 Å². The van der Waals surface area contributed by atoms with Crippen LogP contribution in [0, 0.1) is 10.1 Å². The number of nitro benzene ring substituents is 1. The molecule has 0 saturated carbocycles. The predicted molar refractivity (Wildman–Crippen MR) is 93.6 cm³/mol. The van der Waals surface area contributed by atoms with E-state index in [2.05, 4.69) is 10.5 Å². The Kier molecular flexibility index (Phi) is 6.29. The summed E-state index contributed by atoms with van der Waals surface area (Å²) in [5, 5.41) is 23.1. The lowest BCUT2D eigenvalue weighted by atomic mass is 10.1. The van der Waals surface area contributed by atoms with E-state index >= 15 is 0 Å². The van der Waals surface area contributed by atoms with E-state index in [9.17, 15) is 19.7 Å². The molecule has 0 spiro atoms. The zero-order valence-electron chi connectivity index (χ0n) is 13.3. The summed E-state index contributed by atoms with van der Waals surface area (Å²) in [5.74, 6) is -1.23. The van der Waals surface area contributed by atoms with Crippen LogP contribution >= 0.6 is 0 Å². The van der Waals surface area contributed by atoms with Gasteiger partial charge in [0.1, 0.15) is 0 Å². The lowest BCUT2D eigenvalue weighted by molar-refractivity contribution is -0.385. The van der Waals surface area contributed by atoms with Gasteiger partial charge in [0, 0.05) is 17.7 Å². The SMILES string of the molecule is O=C(/C=C/c1cccc(C(=O)N/N=C\c2ccccc2[N+](=O)[O-])c1)NO. The van der Waals surface area contributed by atoms with Crippen LogP contribution in [0.5, 0.6) is 0 Å². The van der Waals surface area contributed by atoms with Crippen LogP contribution in [0.2, 0.25) is 0 Å². The molecule has 0 unspecified atom stereocenters. The Bertz CT molecular complexity index is 892. The molecular formula is C17H14N4O5. The van der Waals surface area contributed by atoms with Crippen LogP contribution in [0.15, 0.2) is 59.7 Å². The van der Waals surface area contributed by atoms with Gasteiger partial charge in [0.05, 0.1) is 16.7 Å². The van der Waals surface area contributed by atoms with Crippen molar-refractivity contribution in [1.29, 1.82) is 0 Å². The normalized spacial score (nSPS) is 10.8. The molecule has 0 aromatic heterocycles. The number of nitro groups is 1. The van der Waals surface area contributed by atoms with Crippen LogP contribution < -0.4 is 10.9 Å². The Labute approximate surface area is 147 Å². The third kappa shape index (κ3) is 5.08. The summed E-state index contributed by atoms with van der Waals surface area (Å²) in [4.78, 5) is 33.4. The van der Waals surface area contributed by atoms with Gasteiger partial charge in [-0.3, -0.25) is 24.9 Å². The first-order valence-electron chi connectivity index (χ1n) is 7.30. The molecule has 0 heterocycles. The second kappa shape index (κ2) is 8.85. The number of amides is 2. The minimum atomic E-state index is -0.700. The van der Waals surface area contributed by atoms with Crippen molar-refractivity contribution in [3.63, 3.8) is 0 Å². The molecule has 2 rings (SSSR count). The Morgan fingerprint density at radius 2 is 1.92 bits per heavy atom. The van der Waals surface area contributed by atoms with E-state index in [1.807, 2.05) is 0 Å². The fourth-order valence-electron chi connectivity index (χ4n) is 1.98. The molecule has 0 aliphatic heterocycles. The summed E-state index contributed by atoms with van der Waals surface area (Å²) in [6, 6.07) is 12.3. The van der Waals surface area contributed by atoms with Crippen molar-refractivity contribution >= 4 is 29.8 Å². The van der Waals surface area contributed by atoms with Gasteiger partial charge < -0.3 is 0 Å². The molecule has 132 valence electrons. The zero-order valence-corrected chi connectivity index (χ0v) is 13.3. The summed E-state index contributed by atoms with van der Waals surface area (Å²) < 4.78 is 0. The van der Waals surface area contributed by atoms with E-state index in [0.717, 1.165) is 6.08 Å².